The van der Waals surface area contributed by atoms with Crippen molar-refractivity contribution in [2.45, 2.75) is 0 Å². The van der Waals surface area contributed by atoms with Crippen LogP contribution in [0.3, 0.4) is 0 Å². The van der Waals surface area contributed by atoms with Crippen LogP contribution in [0, 0.1) is 11.3 Å². The van der Waals surface area contributed by atoms with Gasteiger partial charge >= 0.3 is 6.03 Å². The second-order valence-electron chi connectivity index (χ2n) is 7.99. The minimum Gasteiger partial charge on any atom is -0.322 e. The summed E-state index contributed by atoms with van der Waals surface area (Å²) in [6, 6.07) is 29.4. The van der Waals surface area contributed by atoms with E-state index in [1.54, 1.807) is 30.3 Å². The van der Waals surface area contributed by atoms with Crippen molar-refractivity contribution in [3.05, 3.63) is 107 Å². The molecule has 5 aromatic rings. The van der Waals surface area contributed by atoms with Crippen LogP contribution in [0.25, 0.3) is 22.5 Å². The minimum absolute atomic E-state index is 0.277. The van der Waals surface area contributed by atoms with Crippen LogP contribution in [0.1, 0.15) is 5.56 Å². The van der Waals surface area contributed by atoms with Gasteiger partial charge in [0.2, 0.25) is 5.95 Å². The Morgan fingerprint density at radius 1 is 0.789 bits per heavy atom. The standard InChI is InChI=1S/C28H19BrN8O/c29-21-12-10-19(11-13-21)26-20(16-30)17-31-27(35-26)32-23-8-4-5-9-24(23)33-28(38)34-25-15-14-22(36-37-25)18-6-2-1-3-7-18/h1-15,17H,(H,31,32,35)(H2,33,34,37,38). The number of nitrogens with zero attached hydrogens (tertiary/aromatic N) is 5. The maximum Gasteiger partial charge on any atom is 0.324 e. The molecule has 3 N–H and O–H groups in total. The first-order chi connectivity index (χ1) is 18.6. The van der Waals surface area contributed by atoms with Crippen LogP contribution in [0.15, 0.2) is 102 Å². The number of para-hydroxylation sites is 2. The number of aromatic nitrogens is 4. The molecule has 0 saturated carbocycles. The van der Waals surface area contributed by atoms with Crippen LogP contribution >= 0.6 is 15.9 Å². The average Bonchev–Trinajstić information content (AvgIpc) is 2.95. The number of benzene rings is 3. The summed E-state index contributed by atoms with van der Waals surface area (Å²) in [5, 5.41) is 26.4. The van der Waals surface area contributed by atoms with E-state index in [1.165, 1.54) is 6.20 Å². The lowest BCUT2D eigenvalue weighted by molar-refractivity contribution is 0.262. The molecular weight excluding hydrogens is 544 g/mol. The van der Waals surface area contributed by atoms with E-state index in [1.807, 2.05) is 60.7 Å². The number of halogens is 1. The average molecular weight is 563 g/mol. The Morgan fingerprint density at radius 2 is 1.53 bits per heavy atom. The van der Waals surface area contributed by atoms with Crippen molar-refractivity contribution < 1.29 is 4.79 Å². The zero-order chi connectivity index (χ0) is 26.3. The smallest absolute Gasteiger partial charge is 0.322 e. The number of rotatable bonds is 6. The first kappa shape index (κ1) is 24.5. The predicted molar refractivity (Wildman–Crippen MR) is 150 cm³/mol. The lowest BCUT2D eigenvalue weighted by atomic mass is 10.1. The second kappa shape index (κ2) is 11.3. The topological polar surface area (TPSA) is 129 Å². The van der Waals surface area contributed by atoms with Crippen molar-refractivity contribution in [3.8, 4) is 28.6 Å². The molecule has 10 heteroatoms. The van der Waals surface area contributed by atoms with E-state index in [0.29, 0.717) is 34.1 Å². The van der Waals surface area contributed by atoms with Gasteiger partial charge in [-0.25, -0.2) is 14.8 Å². The number of nitrogens with one attached hydrogen (secondary N) is 3. The molecule has 0 aliphatic heterocycles. The van der Waals surface area contributed by atoms with Gasteiger partial charge in [-0.3, -0.25) is 5.32 Å². The van der Waals surface area contributed by atoms with E-state index in [4.69, 9.17) is 0 Å². The monoisotopic (exact) mass is 562 g/mol. The fourth-order valence-corrected chi connectivity index (χ4v) is 3.87. The second-order valence-corrected chi connectivity index (χ2v) is 8.91. The number of carbonyl (C=O) groups is 1. The fraction of sp³-hybridized carbons (Fsp3) is 0. The van der Waals surface area contributed by atoms with Crippen LogP contribution in [0.4, 0.5) is 27.9 Å². The summed E-state index contributed by atoms with van der Waals surface area (Å²) >= 11 is 3.42. The molecule has 3 aromatic carbocycles. The SMILES string of the molecule is N#Cc1cnc(Nc2ccccc2NC(=O)Nc2ccc(-c3ccccc3)nn2)nc1-c1ccc(Br)cc1. The van der Waals surface area contributed by atoms with Gasteiger partial charge in [0, 0.05) is 15.6 Å². The number of urea groups is 1. The first-order valence-electron chi connectivity index (χ1n) is 11.5. The van der Waals surface area contributed by atoms with Gasteiger partial charge in [0.25, 0.3) is 0 Å². The zero-order valence-corrected chi connectivity index (χ0v) is 21.3. The number of nitriles is 1. The molecule has 2 amide bonds. The summed E-state index contributed by atoms with van der Waals surface area (Å²) in [7, 11) is 0. The number of hydrogen-bond acceptors (Lipinski definition) is 7. The number of anilines is 4. The summed E-state index contributed by atoms with van der Waals surface area (Å²) in [6.45, 7) is 0. The van der Waals surface area contributed by atoms with Gasteiger partial charge in [0.15, 0.2) is 5.82 Å². The van der Waals surface area contributed by atoms with Crippen molar-refractivity contribution in [2.24, 2.45) is 0 Å². The van der Waals surface area contributed by atoms with E-state index in [0.717, 1.165) is 15.6 Å². The molecule has 9 nitrogen and oxygen atoms in total. The molecule has 0 radical (unpaired) electrons. The van der Waals surface area contributed by atoms with Gasteiger partial charge in [-0.05, 0) is 36.4 Å². The van der Waals surface area contributed by atoms with Crippen LogP contribution in [0.5, 0.6) is 0 Å². The summed E-state index contributed by atoms with van der Waals surface area (Å²) < 4.78 is 0.920. The molecule has 5 rings (SSSR count). The molecule has 0 spiro atoms. The number of amides is 2. The lowest BCUT2D eigenvalue weighted by Crippen LogP contribution is -2.21. The van der Waals surface area contributed by atoms with E-state index in [9.17, 15) is 10.1 Å². The molecule has 0 bridgehead atoms. The minimum atomic E-state index is -0.489. The van der Waals surface area contributed by atoms with E-state index in [-0.39, 0.29) is 5.95 Å². The lowest BCUT2D eigenvalue weighted by Gasteiger charge is -2.13. The van der Waals surface area contributed by atoms with Crippen molar-refractivity contribution in [3.63, 3.8) is 0 Å². The van der Waals surface area contributed by atoms with Gasteiger partial charge in [-0.2, -0.15) is 5.26 Å². The quantitative estimate of drug-likeness (QED) is 0.212. The highest BCUT2D eigenvalue weighted by molar-refractivity contribution is 9.10. The summed E-state index contributed by atoms with van der Waals surface area (Å²) in [6.07, 6.45) is 1.47. The maximum atomic E-state index is 12.7. The highest BCUT2D eigenvalue weighted by atomic mass is 79.9. The largest absolute Gasteiger partial charge is 0.324 e. The summed E-state index contributed by atoms with van der Waals surface area (Å²) in [5.74, 6) is 0.584. The van der Waals surface area contributed by atoms with Gasteiger partial charge in [-0.15, -0.1) is 10.2 Å². The molecule has 0 aliphatic carbocycles. The zero-order valence-electron chi connectivity index (χ0n) is 19.8. The van der Waals surface area contributed by atoms with Crippen molar-refractivity contribution in [1.29, 1.82) is 5.26 Å². The third-order valence-electron chi connectivity index (χ3n) is 5.42. The van der Waals surface area contributed by atoms with Crippen LogP contribution < -0.4 is 16.0 Å². The van der Waals surface area contributed by atoms with Crippen LogP contribution in [0.2, 0.25) is 0 Å². The highest BCUT2D eigenvalue weighted by Gasteiger charge is 2.13. The first-order valence-corrected chi connectivity index (χ1v) is 12.2. The Hall–Kier alpha value is -5.14. The van der Waals surface area contributed by atoms with Crippen molar-refractivity contribution >= 4 is 45.1 Å². The molecule has 2 heterocycles. The fourth-order valence-electron chi connectivity index (χ4n) is 3.60. The van der Waals surface area contributed by atoms with Gasteiger partial charge in [0.1, 0.15) is 6.07 Å². The Kier molecular flexibility index (Phi) is 7.29. The molecule has 38 heavy (non-hydrogen) atoms. The molecule has 0 saturated heterocycles. The molecule has 0 aliphatic rings. The van der Waals surface area contributed by atoms with Crippen LogP contribution in [-0.4, -0.2) is 26.2 Å². The molecule has 0 fully saturated rings. The molecule has 0 unspecified atom stereocenters. The normalized spacial score (nSPS) is 10.3. The van der Waals surface area contributed by atoms with E-state index < -0.39 is 6.03 Å². The van der Waals surface area contributed by atoms with E-state index in [2.05, 4.69) is 58.1 Å². The van der Waals surface area contributed by atoms with Gasteiger partial charge in [-0.1, -0.05) is 70.5 Å². The number of hydrogen-bond donors (Lipinski definition) is 3. The van der Waals surface area contributed by atoms with Gasteiger partial charge < -0.3 is 10.6 Å². The molecule has 0 atom stereocenters. The Balaban J connectivity index is 1.31. The third-order valence-corrected chi connectivity index (χ3v) is 5.95. The Morgan fingerprint density at radius 3 is 2.24 bits per heavy atom. The maximum absolute atomic E-state index is 12.7. The molecule has 184 valence electrons. The van der Waals surface area contributed by atoms with Crippen LogP contribution in [-0.2, 0) is 0 Å². The van der Waals surface area contributed by atoms with E-state index >= 15 is 0 Å². The molecular formula is C28H19BrN8O. The summed E-state index contributed by atoms with van der Waals surface area (Å²) in [5.41, 5.74) is 4.33. The number of carbonyl (C=O) groups excluding carboxylic acids is 1. The highest BCUT2D eigenvalue weighted by Crippen LogP contribution is 2.27. The third kappa shape index (κ3) is 5.80. The predicted octanol–water partition coefficient (Wildman–Crippen LogP) is 6.62. The van der Waals surface area contributed by atoms with Crippen molar-refractivity contribution in [1.82, 2.24) is 20.2 Å². The van der Waals surface area contributed by atoms with Crippen molar-refractivity contribution in [2.75, 3.05) is 16.0 Å². The Bertz CT molecular complexity index is 1620. The molecule has 2 aromatic heterocycles. The Labute approximate surface area is 226 Å². The van der Waals surface area contributed by atoms with Gasteiger partial charge in [0.05, 0.1) is 34.5 Å². The summed E-state index contributed by atoms with van der Waals surface area (Å²) in [4.78, 5) is 21.5.